The van der Waals surface area contributed by atoms with Crippen molar-refractivity contribution in [2.75, 3.05) is 6.61 Å². The molecule has 0 saturated carbocycles. The Bertz CT molecular complexity index is 546. The van der Waals surface area contributed by atoms with Crippen LogP contribution in [0, 0.1) is 0 Å². The van der Waals surface area contributed by atoms with Gasteiger partial charge in [-0.3, -0.25) is 4.18 Å². The lowest BCUT2D eigenvalue weighted by Gasteiger charge is -2.08. The van der Waals surface area contributed by atoms with Crippen LogP contribution in [-0.4, -0.2) is 31.2 Å². The largest absolute Gasteiger partial charge is 0.507 e. The van der Waals surface area contributed by atoms with E-state index in [2.05, 4.69) is 10.8 Å². The van der Waals surface area contributed by atoms with Gasteiger partial charge in [-0.1, -0.05) is 12.1 Å². The number of carboxylic acid groups (broad SMARTS) is 1. The minimum atomic E-state index is -4.23. The van der Waals surface area contributed by atoms with Crippen LogP contribution < -0.4 is 0 Å². The first-order chi connectivity index (χ1) is 7.90. The van der Waals surface area contributed by atoms with E-state index in [0.717, 1.165) is 12.1 Å². The van der Waals surface area contributed by atoms with Crippen LogP contribution >= 0.6 is 0 Å². The molecule has 0 bridgehead atoms. The molecule has 0 aliphatic heterocycles. The van der Waals surface area contributed by atoms with Crippen LogP contribution in [0.5, 0.6) is 5.75 Å². The molecule has 0 fully saturated rings. The topological polar surface area (TPSA) is 101 Å². The minimum Gasteiger partial charge on any atom is -0.507 e. The smallest absolute Gasteiger partial charge is 0.340 e. The zero-order valence-corrected chi connectivity index (χ0v) is 9.48. The molecule has 0 spiro atoms. The summed E-state index contributed by atoms with van der Waals surface area (Å²) in [5.74, 6) is -2.19. The third-order valence-corrected chi connectivity index (χ3v) is 3.15. The van der Waals surface area contributed by atoms with Crippen LogP contribution in [0.25, 0.3) is 0 Å². The highest BCUT2D eigenvalue weighted by molar-refractivity contribution is 7.86. The third kappa shape index (κ3) is 2.83. The molecule has 92 valence electrons. The molecule has 6 nitrogen and oxygen atoms in total. The second kappa shape index (κ2) is 4.98. The number of carboxylic acids is 1. The van der Waals surface area contributed by atoms with Crippen molar-refractivity contribution in [3.63, 3.8) is 0 Å². The lowest BCUT2D eigenvalue weighted by atomic mass is 10.2. The fourth-order valence-electron chi connectivity index (χ4n) is 1.14. The van der Waals surface area contributed by atoms with Crippen LogP contribution in [0.4, 0.5) is 0 Å². The van der Waals surface area contributed by atoms with E-state index < -0.39 is 32.3 Å². The maximum Gasteiger partial charge on any atom is 0.340 e. The highest BCUT2D eigenvalue weighted by atomic mass is 32.2. The number of rotatable bonds is 5. The Balaban J connectivity index is 3.36. The fourth-order valence-corrected chi connectivity index (χ4v) is 2.23. The molecule has 0 aromatic heterocycles. The van der Waals surface area contributed by atoms with E-state index in [1.807, 2.05) is 0 Å². The Labute approximate surface area is 97.9 Å². The first-order valence-corrected chi connectivity index (χ1v) is 5.86. The van der Waals surface area contributed by atoms with Crippen molar-refractivity contribution in [1.82, 2.24) is 0 Å². The Kier molecular flexibility index (Phi) is 3.87. The van der Waals surface area contributed by atoms with E-state index in [9.17, 15) is 18.3 Å². The molecule has 0 saturated heterocycles. The second-order valence-electron chi connectivity index (χ2n) is 2.98. The highest BCUT2D eigenvalue weighted by Gasteiger charge is 2.25. The Hall–Kier alpha value is -1.86. The van der Waals surface area contributed by atoms with E-state index in [4.69, 9.17) is 5.11 Å². The van der Waals surface area contributed by atoms with E-state index in [0.29, 0.717) is 0 Å². The molecule has 2 N–H and O–H groups in total. The summed E-state index contributed by atoms with van der Waals surface area (Å²) in [5, 5.41) is 18.2. The molecule has 0 aliphatic carbocycles. The zero-order valence-electron chi connectivity index (χ0n) is 8.66. The van der Waals surface area contributed by atoms with Crippen LogP contribution in [-0.2, 0) is 14.3 Å². The predicted octanol–water partition coefficient (Wildman–Crippen LogP) is 0.982. The second-order valence-corrected chi connectivity index (χ2v) is 4.57. The molecular formula is C10H10O6S. The van der Waals surface area contributed by atoms with Gasteiger partial charge >= 0.3 is 5.97 Å². The summed E-state index contributed by atoms with van der Waals surface area (Å²) in [6, 6.07) is 3.34. The summed E-state index contributed by atoms with van der Waals surface area (Å²) in [5.41, 5.74) is -0.712. The van der Waals surface area contributed by atoms with Gasteiger partial charge in [-0.15, -0.1) is 6.58 Å². The molecule has 7 heteroatoms. The van der Waals surface area contributed by atoms with Gasteiger partial charge in [0.05, 0.1) is 6.61 Å². The Morgan fingerprint density at radius 3 is 2.65 bits per heavy atom. The van der Waals surface area contributed by atoms with Gasteiger partial charge in [0, 0.05) is 0 Å². The SMILES string of the molecule is C=CCOS(=O)(=O)c1cccc(O)c1C(=O)O. The molecule has 0 amide bonds. The van der Waals surface area contributed by atoms with Gasteiger partial charge in [0.15, 0.2) is 0 Å². The number of phenols is 1. The quantitative estimate of drug-likeness (QED) is 0.603. The molecule has 17 heavy (non-hydrogen) atoms. The average molecular weight is 258 g/mol. The Morgan fingerprint density at radius 2 is 2.12 bits per heavy atom. The summed E-state index contributed by atoms with van der Waals surface area (Å²) in [4.78, 5) is 10.3. The minimum absolute atomic E-state index is 0.281. The lowest BCUT2D eigenvalue weighted by molar-refractivity contribution is 0.0688. The number of benzene rings is 1. The molecule has 0 heterocycles. The number of aromatic hydroxyl groups is 1. The van der Waals surface area contributed by atoms with Gasteiger partial charge in [0.25, 0.3) is 10.1 Å². The van der Waals surface area contributed by atoms with Crippen molar-refractivity contribution >= 4 is 16.1 Å². The fraction of sp³-hybridized carbons (Fsp3) is 0.100. The molecule has 0 unspecified atom stereocenters. The average Bonchev–Trinajstić information content (AvgIpc) is 2.25. The highest BCUT2D eigenvalue weighted by Crippen LogP contribution is 2.26. The van der Waals surface area contributed by atoms with Gasteiger partial charge in [-0.05, 0) is 12.1 Å². The maximum absolute atomic E-state index is 11.6. The number of hydrogen-bond acceptors (Lipinski definition) is 5. The Morgan fingerprint density at radius 1 is 1.47 bits per heavy atom. The van der Waals surface area contributed by atoms with Gasteiger partial charge in [-0.2, -0.15) is 8.42 Å². The van der Waals surface area contributed by atoms with Crippen LogP contribution in [0.1, 0.15) is 10.4 Å². The number of hydrogen-bond donors (Lipinski definition) is 2. The monoisotopic (exact) mass is 258 g/mol. The molecule has 0 atom stereocenters. The van der Waals surface area contributed by atoms with E-state index in [-0.39, 0.29) is 6.61 Å². The van der Waals surface area contributed by atoms with Gasteiger partial charge in [-0.25, -0.2) is 4.79 Å². The van der Waals surface area contributed by atoms with Gasteiger partial charge in [0.1, 0.15) is 16.2 Å². The number of carbonyl (C=O) groups is 1. The van der Waals surface area contributed by atoms with Crippen LogP contribution in [0.15, 0.2) is 35.7 Å². The van der Waals surface area contributed by atoms with Crippen molar-refractivity contribution in [3.8, 4) is 5.75 Å². The summed E-state index contributed by atoms with van der Waals surface area (Å²) in [7, 11) is -4.23. The first kappa shape index (κ1) is 13.2. The maximum atomic E-state index is 11.6. The molecule has 1 aromatic rings. The van der Waals surface area contributed by atoms with E-state index in [1.165, 1.54) is 12.1 Å². The summed E-state index contributed by atoms with van der Waals surface area (Å²) in [6.45, 7) is 3.00. The third-order valence-electron chi connectivity index (χ3n) is 1.83. The predicted molar refractivity (Wildman–Crippen MR) is 58.4 cm³/mol. The van der Waals surface area contributed by atoms with E-state index >= 15 is 0 Å². The lowest BCUT2D eigenvalue weighted by Crippen LogP contribution is -2.12. The standard InChI is InChI=1S/C10H10O6S/c1-2-6-16-17(14,15)8-5-3-4-7(11)9(8)10(12)13/h2-5,11H,1,6H2,(H,12,13). The van der Waals surface area contributed by atoms with E-state index in [1.54, 1.807) is 0 Å². The van der Waals surface area contributed by atoms with Crippen molar-refractivity contribution < 1.29 is 27.6 Å². The first-order valence-electron chi connectivity index (χ1n) is 4.45. The van der Waals surface area contributed by atoms with Gasteiger partial charge in [0.2, 0.25) is 0 Å². The van der Waals surface area contributed by atoms with Gasteiger partial charge < -0.3 is 10.2 Å². The normalized spacial score (nSPS) is 11.1. The molecule has 1 aromatic carbocycles. The number of aromatic carboxylic acids is 1. The van der Waals surface area contributed by atoms with Crippen molar-refractivity contribution in [3.05, 3.63) is 36.4 Å². The summed E-state index contributed by atoms with van der Waals surface area (Å²) < 4.78 is 27.7. The molecular weight excluding hydrogens is 248 g/mol. The van der Waals surface area contributed by atoms with Crippen LogP contribution in [0.3, 0.4) is 0 Å². The molecule has 0 aliphatic rings. The van der Waals surface area contributed by atoms with Crippen LogP contribution in [0.2, 0.25) is 0 Å². The zero-order chi connectivity index (χ0) is 13.1. The summed E-state index contributed by atoms with van der Waals surface area (Å²) in [6.07, 6.45) is 1.21. The molecule has 0 radical (unpaired) electrons. The molecule has 1 rings (SSSR count). The van der Waals surface area contributed by atoms with Crippen molar-refractivity contribution in [1.29, 1.82) is 0 Å². The van der Waals surface area contributed by atoms with Crippen molar-refractivity contribution in [2.45, 2.75) is 4.90 Å². The van der Waals surface area contributed by atoms with Crippen molar-refractivity contribution in [2.24, 2.45) is 0 Å². The summed E-state index contributed by atoms with van der Waals surface area (Å²) >= 11 is 0.